The molecule has 0 N–H and O–H groups in total. The second kappa shape index (κ2) is 7.05. The van der Waals surface area contributed by atoms with Gasteiger partial charge in [0.05, 0.1) is 0 Å². The molecule has 6 atom stereocenters. The van der Waals surface area contributed by atoms with Gasteiger partial charge in [0, 0.05) is 11.0 Å². The molecule has 0 spiro atoms. The normalized spacial score (nSPS) is 40.8. The van der Waals surface area contributed by atoms with Gasteiger partial charge < -0.3 is 0 Å². The van der Waals surface area contributed by atoms with Gasteiger partial charge in [-0.2, -0.15) is 0 Å². The average Bonchev–Trinajstić information content (AvgIpc) is 2.48. The maximum atomic E-state index is 9.03. The summed E-state index contributed by atoms with van der Waals surface area (Å²) in [4.78, 5) is 3.19. The van der Waals surface area contributed by atoms with E-state index in [1.165, 1.54) is 38.5 Å². The summed E-state index contributed by atoms with van der Waals surface area (Å²) >= 11 is 0. The Labute approximate surface area is 143 Å². The van der Waals surface area contributed by atoms with Crippen molar-refractivity contribution in [2.24, 2.45) is 39.6 Å². The summed E-state index contributed by atoms with van der Waals surface area (Å²) in [5.74, 6) is 2.72. The number of nitrogens with zero attached hydrogens (tertiary/aromatic N) is 3. The Balaban J connectivity index is 2.31. The number of rotatable bonds is 5. The molecule has 3 heteroatoms. The highest BCUT2D eigenvalue weighted by Crippen LogP contribution is 2.62. The van der Waals surface area contributed by atoms with Crippen molar-refractivity contribution in [1.82, 2.24) is 0 Å². The number of fused-ring (bicyclic) bond motifs is 1. The lowest BCUT2D eigenvalue weighted by Crippen LogP contribution is -2.54. The fraction of sp³-hybridized carbons (Fsp3) is 1.00. The van der Waals surface area contributed by atoms with Crippen molar-refractivity contribution in [2.45, 2.75) is 92.5 Å². The lowest BCUT2D eigenvalue weighted by Gasteiger charge is -2.60. The molecule has 0 aromatic heterocycles. The lowest BCUT2D eigenvalue weighted by molar-refractivity contribution is -0.104. The molecule has 2 aliphatic rings. The van der Waals surface area contributed by atoms with E-state index in [0.717, 1.165) is 12.3 Å². The van der Waals surface area contributed by atoms with Gasteiger partial charge >= 0.3 is 0 Å². The van der Waals surface area contributed by atoms with Crippen LogP contribution in [0.5, 0.6) is 0 Å². The molecular formula is C20H37N3. The first-order chi connectivity index (χ1) is 10.8. The summed E-state index contributed by atoms with van der Waals surface area (Å²) in [6, 6.07) is 0.192. The predicted molar refractivity (Wildman–Crippen MR) is 98.1 cm³/mol. The molecule has 2 saturated carbocycles. The van der Waals surface area contributed by atoms with E-state index in [9.17, 15) is 0 Å². The minimum atomic E-state index is 0.192. The van der Waals surface area contributed by atoms with E-state index in [1.807, 2.05) is 0 Å². The Morgan fingerprint density at radius 1 is 1.26 bits per heavy atom. The summed E-state index contributed by atoms with van der Waals surface area (Å²) in [7, 11) is 0. The van der Waals surface area contributed by atoms with Crippen LogP contribution in [-0.2, 0) is 0 Å². The highest BCUT2D eigenvalue weighted by atomic mass is 15.2. The summed E-state index contributed by atoms with van der Waals surface area (Å²) in [6.07, 6.45) is 9.02. The van der Waals surface area contributed by atoms with Crippen LogP contribution < -0.4 is 0 Å². The van der Waals surface area contributed by atoms with Crippen molar-refractivity contribution in [3.63, 3.8) is 0 Å². The van der Waals surface area contributed by atoms with Gasteiger partial charge in [-0.3, -0.25) is 0 Å². The Kier molecular flexibility index (Phi) is 5.72. The standard InChI is InChI=1S/C20H37N3/c1-7-14(2)9-10-16-15(3)17(22-23-21)13-18-19(4,5)11-8-12-20(16,18)6/h14-18H,7-13H2,1-6H3/t14-,15-,16+,17?,18+,20-/m1/s1. The summed E-state index contributed by atoms with van der Waals surface area (Å²) in [6.45, 7) is 14.5. The first-order valence-electron chi connectivity index (χ1n) is 9.80. The molecule has 0 aliphatic heterocycles. The van der Waals surface area contributed by atoms with Crippen molar-refractivity contribution in [2.75, 3.05) is 0 Å². The zero-order valence-corrected chi connectivity index (χ0v) is 16.2. The highest BCUT2D eigenvalue weighted by molar-refractivity contribution is 5.06. The minimum absolute atomic E-state index is 0.192. The number of hydrogen-bond acceptors (Lipinski definition) is 1. The summed E-state index contributed by atoms with van der Waals surface area (Å²) in [5.41, 5.74) is 9.83. The quantitative estimate of drug-likeness (QED) is 0.298. The molecular weight excluding hydrogens is 282 g/mol. The molecule has 0 saturated heterocycles. The van der Waals surface area contributed by atoms with Crippen LogP contribution >= 0.6 is 0 Å². The van der Waals surface area contributed by atoms with Gasteiger partial charge in [0.2, 0.25) is 0 Å². The van der Waals surface area contributed by atoms with E-state index in [1.54, 1.807) is 0 Å². The van der Waals surface area contributed by atoms with Crippen LogP contribution in [0, 0.1) is 34.5 Å². The monoisotopic (exact) mass is 319 g/mol. The third-order valence-corrected chi connectivity index (χ3v) is 7.71. The van der Waals surface area contributed by atoms with E-state index >= 15 is 0 Å². The second-order valence-corrected chi connectivity index (χ2v) is 9.46. The largest absolute Gasteiger partial charge is 0.0903 e. The van der Waals surface area contributed by atoms with Gasteiger partial charge in [0.1, 0.15) is 0 Å². The molecule has 0 bridgehead atoms. The number of azide groups is 1. The molecule has 3 nitrogen and oxygen atoms in total. The molecule has 0 heterocycles. The first kappa shape index (κ1) is 18.6. The van der Waals surface area contributed by atoms with Crippen molar-refractivity contribution in [3.05, 3.63) is 10.4 Å². The van der Waals surface area contributed by atoms with Crippen LogP contribution in [-0.4, -0.2) is 6.04 Å². The molecule has 2 rings (SSSR count). The maximum Gasteiger partial charge on any atom is 0.0405 e. The molecule has 0 aromatic carbocycles. The predicted octanol–water partition coefficient (Wildman–Crippen LogP) is 6.98. The van der Waals surface area contributed by atoms with Gasteiger partial charge in [-0.05, 0) is 65.7 Å². The average molecular weight is 320 g/mol. The maximum absolute atomic E-state index is 9.03. The first-order valence-corrected chi connectivity index (χ1v) is 9.80. The Morgan fingerprint density at radius 2 is 1.96 bits per heavy atom. The Morgan fingerprint density at radius 3 is 2.57 bits per heavy atom. The SMILES string of the molecule is CC[C@@H](C)CC[C@H]1[C@@H](C)C(N=[N+]=[N-])C[C@H]2C(C)(C)CCC[C@]12C. The van der Waals surface area contributed by atoms with Crippen LogP contribution in [0.3, 0.4) is 0 Å². The Bertz CT molecular complexity index is 452. The van der Waals surface area contributed by atoms with Crippen LogP contribution in [0.25, 0.3) is 10.4 Å². The van der Waals surface area contributed by atoms with Crippen LogP contribution in [0.1, 0.15) is 86.5 Å². The van der Waals surface area contributed by atoms with Crippen molar-refractivity contribution < 1.29 is 0 Å². The lowest BCUT2D eigenvalue weighted by atomic mass is 9.45. The molecule has 2 fully saturated rings. The molecule has 0 amide bonds. The van der Waals surface area contributed by atoms with Crippen molar-refractivity contribution in [3.8, 4) is 0 Å². The topological polar surface area (TPSA) is 48.8 Å². The van der Waals surface area contributed by atoms with E-state index in [2.05, 4.69) is 51.6 Å². The third kappa shape index (κ3) is 3.55. The molecule has 23 heavy (non-hydrogen) atoms. The summed E-state index contributed by atoms with van der Waals surface area (Å²) < 4.78 is 0. The van der Waals surface area contributed by atoms with E-state index in [0.29, 0.717) is 28.6 Å². The molecule has 132 valence electrons. The zero-order valence-electron chi connectivity index (χ0n) is 16.2. The zero-order chi connectivity index (χ0) is 17.3. The fourth-order valence-corrected chi connectivity index (χ4v) is 6.00. The van der Waals surface area contributed by atoms with Crippen molar-refractivity contribution in [1.29, 1.82) is 0 Å². The van der Waals surface area contributed by atoms with E-state index < -0.39 is 0 Å². The van der Waals surface area contributed by atoms with Crippen LogP contribution in [0.15, 0.2) is 5.11 Å². The highest BCUT2D eigenvalue weighted by Gasteiger charge is 2.55. The molecule has 0 aromatic rings. The minimum Gasteiger partial charge on any atom is -0.0903 e. The van der Waals surface area contributed by atoms with E-state index in [4.69, 9.17) is 5.53 Å². The van der Waals surface area contributed by atoms with Gasteiger partial charge in [-0.1, -0.05) is 65.9 Å². The van der Waals surface area contributed by atoms with Gasteiger partial charge in [-0.25, -0.2) is 0 Å². The van der Waals surface area contributed by atoms with Gasteiger partial charge in [0.25, 0.3) is 0 Å². The number of hydrogen-bond donors (Lipinski definition) is 0. The summed E-state index contributed by atoms with van der Waals surface area (Å²) in [5, 5.41) is 4.23. The molecule has 1 unspecified atom stereocenters. The second-order valence-electron chi connectivity index (χ2n) is 9.46. The van der Waals surface area contributed by atoms with Gasteiger partial charge in [0.15, 0.2) is 0 Å². The molecule has 0 radical (unpaired) electrons. The third-order valence-electron chi connectivity index (χ3n) is 7.71. The van der Waals surface area contributed by atoms with Crippen molar-refractivity contribution >= 4 is 0 Å². The van der Waals surface area contributed by atoms with E-state index in [-0.39, 0.29) is 6.04 Å². The Hall–Kier alpha value is -0.690. The fourth-order valence-electron chi connectivity index (χ4n) is 6.00. The smallest absolute Gasteiger partial charge is 0.0405 e. The van der Waals surface area contributed by atoms with Crippen LogP contribution in [0.4, 0.5) is 0 Å². The van der Waals surface area contributed by atoms with Crippen LogP contribution in [0.2, 0.25) is 0 Å². The van der Waals surface area contributed by atoms with Gasteiger partial charge in [-0.15, -0.1) is 0 Å². The molecule has 2 aliphatic carbocycles.